The number of anilines is 1. The van der Waals surface area contributed by atoms with Crippen LogP contribution in [-0.2, 0) is 7.05 Å². The molecule has 0 unspecified atom stereocenters. The maximum atomic E-state index is 10.3. The van der Waals surface area contributed by atoms with Gasteiger partial charge in [0.1, 0.15) is 0 Å². The van der Waals surface area contributed by atoms with Gasteiger partial charge < -0.3 is 20.9 Å². The van der Waals surface area contributed by atoms with Gasteiger partial charge in [0.15, 0.2) is 0 Å². The summed E-state index contributed by atoms with van der Waals surface area (Å²) in [5, 5.41) is 5.50. The number of carbonyl (C=O) groups is 1. The molecule has 1 aromatic rings. The molecule has 2 amide bonds. The zero-order valence-electron chi connectivity index (χ0n) is 7.45. The molecule has 0 aliphatic heterocycles. The van der Waals surface area contributed by atoms with Crippen molar-refractivity contribution in [2.75, 3.05) is 18.4 Å². The zero-order valence-corrected chi connectivity index (χ0v) is 7.45. The van der Waals surface area contributed by atoms with Gasteiger partial charge in [-0.2, -0.15) is 0 Å². The van der Waals surface area contributed by atoms with Gasteiger partial charge in [-0.1, -0.05) is 0 Å². The van der Waals surface area contributed by atoms with Crippen molar-refractivity contribution in [1.29, 1.82) is 0 Å². The van der Waals surface area contributed by atoms with E-state index < -0.39 is 6.03 Å². The molecule has 0 saturated heterocycles. The van der Waals surface area contributed by atoms with Gasteiger partial charge in [-0.3, -0.25) is 0 Å². The number of urea groups is 1. The summed E-state index contributed by atoms with van der Waals surface area (Å²) in [6.45, 7) is 1.09. The quantitative estimate of drug-likeness (QED) is 0.550. The van der Waals surface area contributed by atoms with E-state index in [1.807, 2.05) is 17.8 Å². The van der Waals surface area contributed by atoms with Crippen molar-refractivity contribution < 1.29 is 4.79 Å². The van der Waals surface area contributed by atoms with Crippen molar-refractivity contribution in [3.05, 3.63) is 12.4 Å². The Kier molecular flexibility index (Phi) is 3.13. The van der Waals surface area contributed by atoms with Crippen LogP contribution in [0.4, 0.5) is 10.7 Å². The molecule has 0 fully saturated rings. The average Bonchev–Trinajstić information content (AvgIpc) is 2.45. The Morgan fingerprint density at radius 2 is 2.46 bits per heavy atom. The van der Waals surface area contributed by atoms with Crippen LogP contribution in [0, 0.1) is 0 Å². The van der Waals surface area contributed by atoms with Gasteiger partial charge in [0.2, 0.25) is 5.95 Å². The molecule has 0 aliphatic rings. The molecule has 1 rings (SSSR count). The van der Waals surface area contributed by atoms with E-state index in [1.54, 1.807) is 6.20 Å². The second-order valence-corrected chi connectivity index (χ2v) is 2.58. The number of nitrogens with two attached hydrogens (primary N) is 1. The van der Waals surface area contributed by atoms with Crippen molar-refractivity contribution in [3.8, 4) is 0 Å². The first kappa shape index (κ1) is 9.37. The van der Waals surface area contributed by atoms with Crippen LogP contribution < -0.4 is 16.4 Å². The smallest absolute Gasteiger partial charge is 0.312 e. The van der Waals surface area contributed by atoms with Gasteiger partial charge in [0.05, 0.1) is 0 Å². The Labute approximate surface area is 76.1 Å². The number of primary amides is 1. The molecule has 0 aromatic carbocycles. The molecule has 13 heavy (non-hydrogen) atoms. The van der Waals surface area contributed by atoms with Gasteiger partial charge in [0, 0.05) is 32.5 Å². The lowest BCUT2D eigenvalue weighted by Crippen LogP contribution is -2.33. The molecule has 0 spiro atoms. The summed E-state index contributed by atoms with van der Waals surface area (Å²) in [5.74, 6) is 0.770. The fraction of sp³-hybridized carbons (Fsp3) is 0.429. The van der Waals surface area contributed by atoms with Crippen LogP contribution in [0.5, 0.6) is 0 Å². The van der Waals surface area contributed by atoms with Crippen molar-refractivity contribution in [2.24, 2.45) is 12.8 Å². The molecular weight excluding hydrogens is 170 g/mol. The Bertz CT molecular complexity index is 282. The first-order chi connectivity index (χ1) is 6.20. The normalized spacial score (nSPS) is 9.62. The number of rotatable bonds is 4. The third-order valence-electron chi connectivity index (χ3n) is 1.53. The van der Waals surface area contributed by atoms with Crippen LogP contribution in [-0.4, -0.2) is 28.7 Å². The van der Waals surface area contributed by atoms with Gasteiger partial charge >= 0.3 is 6.03 Å². The lowest BCUT2D eigenvalue weighted by Gasteiger charge is -2.05. The fourth-order valence-corrected chi connectivity index (χ4v) is 0.896. The summed E-state index contributed by atoms with van der Waals surface area (Å²) >= 11 is 0. The predicted octanol–water partition coefficient (Wildman–Crippen LogP) is -0.500. The number of nitrogens with one attached hydrogen (secondary N) is 2. The molecule has 1 heterocycles. The van der Waals surface area contributed by atoms with Gasteiger partial charge in [-0.25, -0.2) is 9.78 Å². The highest BCUT2D eigenvalue weighted by atomic mass is 16.2. The second-order valence-electron chi connectivity index (χ2n) is 2.58. The van der Waals surface area contributed by atoms with E-state index >= 15 is 0 Å². The molecular formula is C7H13N5O. The minimum atomic E-state index is -0.512. The van der Waals surface area contributed by atoms with Crippen LogP contribution in [0.1, 0.15) is 0 Å². The lowest BCUT2D eigenvalue weighted by atomic mass is 10.6. The van der Waals surface area contributed by atoms with Gasteiger partial charge in [0.25, 0.3) is 0 Å². The summed E-state index contributed by atoms with van der Waals surface area (Å²) in [7, 11) is 1.89. The van der Waals surface area contributed by atoms with Gasteiger partial charge in [-0.15, -0.1) is 0 Å². The number of carbonyl (C=O) groups excluding carboxylic acids is 1. The van der Waals surface area contributed by atoms with Crippen LogP contribution >= 0.6 is 0 Å². The molecule has 6 heteroatoms. The molecule has 0 bridgehead atoms. The summed E-state index contributed by atoms with van der Waals surface area (Å²) in [4.78, 5) is 14.3. The lowest BCUT2D eigenvalue weighted by molar-refractivity contribution is 0.249. The SMILES string of the molecule is Cn1ccnc1NCCNC(N)=O. The monoisotopic (exact) mass is 183 g/mol. The number of hydrogen-bond acceptors (Lipinski definition) is 3. The third kappa shape index (κ3) is 3.02. The average molecular weight is 183 g/mol. The molecule has 6 nitrogen and oxygen atoms in total. The first-order valence-electron chi connectivity index (χ1n) is 3.94. The van der Waals surface area contributed by atoms with E-state index in [-0.39, 0.29) is 0 Å². The highest BCUT2D eigenvalue weighted by Gasteiger charge is 1.96. The van der Waals surface area contributed by atoms with Gasteiger partial charge in [-0.05, 0) is 0 Å². The van der Waals surface area contributed by atoms with Crippen LogP contribution in [0.2, 0.25) is 0 Å². The van der Waals surface area contributed by atoms with Crippen molar-refractivity contribution >= 4 is 12.0 Å². The highest BCUT2D eigenvalue weighted by Crippen LogP contribution is 1.98. The Balaban J connectivity index is 2.20. The predicted molar refractivity (Wildman–Crippen MR) is 49.3 cm³/mol. The standard InChI is InChI=1S/C7H13N5O/c1-12-5-4-11-7(12)10-3-2-9-6(8)13/h4-5H,2-3H2,1H3,(H,10,11)(H3,8,9,13). The summed E-state index contributed by atoms with van der Waals surface area (Å²) in [5.41, 5.74) is 4.88. The number of aryl methyl sites for hydroxylation is 1. The van der Waals surface area contributed by atoms with Crippen LogP contribution in [0.3, 0.4) is 0 Å². The summed E-state index contributed by atoms with van der Waals surface area (Å²) in [6.07, 6.45) is 3.54. The molecule has 0 atom stereocenters. The number of imidazole rings is 1. The molecule has 72 valence electrons. The van der Waals surface area contributed by atoms with Crippen LogP contribution in [0.25, 0.3) is 0 Å². The van der Waals surface area contributed by atoms with E-state index in [2.05, 4.69) is 15.6 Å². The minimum absolute atomic E-state index is 0.488. The van der Waals surface area contributed by atoms with E-state index in [4.69, 9.17) is 5.73 Å². The number of aromatic nitrogens is 2. The zero-order chi connectivity index (χ0) is 9.68. The largest absolute Gasteiger partial charge is 0.354 e. The topological polar surface area (TPSA) is 85.0 Å². The Morgan fingerprint density at radius 1 is 1.69 bits per heavy atom. The maximum Gasteiger partial charge on any atom is 0.312 e. The molecule has 0 aliphatic carbocycles. The first-order valence-corrected chi connectivity index (χ1v) is 3.94. The number of hydrogen-bond donors (Lipinski definition) is 3. The minimum Gasteiger partial charge on any atom is -0.354 e. The molecule has 1 aromatic heterocycles. The number of amides is 2. The highest BCUT2D eigenvalue weighted by molar-refractivity contribution is 5.71. The number of nitrogens with zero attached hydrogens (tertiary/aromatic N) is 2. The van der Waals surface area contributed by atoms with E-state index in [0.29, 0.717) is 13.1 Å². The summed E-state index contributed by atoms with van der Waals surface area (Å²) in [6, 6.07) is -0.512. The fourth-order valence-electron chi connectivity index (χ4n) is 0.896. The van der Waals surface area contributed by atoms with Crippen molar-refractivity contribution in [2.45, 2.75) is 0 Å². The Hall–Kier alpha value is -1.72. The third-order valence-corrected chi connectivity index (χ3v) is 1.53. The maximum absolute atomic E-state index is 10.3. The van der Waals surface area contributed by atoms with E-state index in [0.717, 1.165) is 5.95 Å². The second kappa shape index (κ2) is 4.34. The van der Waals surface area contributed by atoms with Crippen molar-refractivity contribution in [3.63, 3.8) is 0 Å². The molecule has 0 saturated carbocycles. The van der Waals surface area contributed by atoms with E-state index in [9.17, 15) is 4.79 Å². The van der Waals surface area contributed by atoms with E-state index in [1.165, 1.54) is 0 Å². The van der Waals surface area contributed by atoms with Crippen molar-refractivity contribution in [1.82, 2.24) is 14.9 Å². The van der Waals surface area contributed by atoms with Crippen LogP contribution in [0.15, 0.2) is 12.4 Å². The molecule has 4 N–H and O–H groups in total. The summed E-state index contributed by atoms with van der Waals surface area (Å²) < 4.78 is 1.85. The Morgan fingerprint density at radius 3 is 3.00 bits per heavy atom. The molecule has 0 radical (unpaired) electrons.